The third kappa shape index (κ3) is 1.75. The lowest BCUT2D eigenvalue weighted by molar-refractivity contribution is 0.128. The van der Waals surface area contributed by atoms with Crippen molar-refractivity contribution in [3.8, 4) is 0 Å². The Kier molecular flexibility index (Phi) is 2.51. The van der Waals surface area contributed by atoms with E-state index in [1.807, 2.05) is 14.0 Å². The average Bonchev–Trinajstić information content (AvgIpc) is 2.58. The molecule has 80 valence electrons. The molecule has 0 saturated carbocycles. The molecule has 0 aliphatic rings. The van der Waals surface area contributed by atoms with Crippen LogP contribution >= 0.6 is 0 Å². The maximum Gasteiger partial charge on any atom is 0.163 e. The van der Waals surface area contributed by atoms with Gasteiger partial charge in [0, 0.05) is 13.7 Å². The number of nitrogens with two attached hydrogens (primary N) is 1. The number of aromatic nitrogens is 4. The number of hydrogen-bond donors (Lipinski definition) is 1. The Morgan fingerprint density at radius 1 is 1.47 bits per heavy atom. The third-order valence-electron chi connectivity index (χ3n) is 2.10. The first-order chi connectivity index (χ1) is 7.22. The molecule has 2 N–H and O–H groups in total. The van der Waals surface area contributed by atoms with Crippen LogP contribution in [0.3, 0.4) is 0 Å². The van der Waals surface area contributed by atoms with Crippen LogP contribution in [0.5, 0.6) is 0 Å². The molecule has 0 saturated heterocycles. The van der Waals surface area contributed by atoms with Crippen molar-refractivity contribution in [3.05, 3.63) is 12.0 Å². The number of anilines is 1. The van der Waals surface area contributed by atoms with Crippen molar-refractivity contribution in [1.82, 2.24) is 19.7 Å². The van der Waals surface area contributed by atoms with Gasteiger partial charge >= 0.3 is 0 Å². The van der Waals surface area contributed by atoms with Gasteiger partial charge in [0.25, 0.3) is 0 Å². The van der Waals surface area contributed by atoms with Gasteiger partial charge in [0.2, 0.25) is 0 Å². The fraction of sp³-hybridized carbons (Fsp3) is 0.444. The number of ether oxygens (including phenoxy) is 1. The summed E-state index contributed by atoms with van der Waals surface area (Å²) in [6.45, 7) is 2.93. The standard InChI is InChI=1S/C9H13N5O/c1-3-15-5-7-12-8(10)6-4-11-14(2)9(6)13-7/h4H,3,5H2,1-2H3,(H2,10,12,13). The molecule has 0 radical (unpaired) electrons. The Labute approximate surface area is 87.1 Å². The van der Waals surface area contributed by atoms with Crippen molar-refractivity contribution in [3.63, 3.8) is 0 Å². The summed E-state index contributed by atoms with van der Waals surface area (Å²) in [7, 11) is 1.82. The van der Waals surface area contributed by atoms with Crippen LogP contribution in [0.1, 0.15) is 12.7 Å². The monoisotopic (exact) mass is 207 g/mol. The highest BCUT2D eigenvalue weighted by Crippen LogP contribution is 2.16. The first kappa shape index (κ1) is 9.85. The van der Waals surface area contributed by atoms with E-state index in [-0.39, 0.29) is 0 Å². The summed E-state index contributed by atoms with van der Waals surface area (Å²) in [5, 5.41) is 4.85. The van der Waals surface area contributed by atoms with Crippen molar-refractivity contribution >= 4 is 16.9 Å². The Hall–Kier alpha value is -1.69. The van der Waals surface area contributed by atoms with Gasteiger partial charge in [0.15, 0.2) is 11.5 Å². The molecular formula is C9H13N5O. The molecule has 2 heterocycles. The number of nitrogen functional groups attached to an aromatic ring is 1. The molecule has 15 heavy (non-hydrogen) atoms. The van der Waals surface area contributed by atoms with Crippen LogP contribution in [0, 0.1) is 0 Å². The number of hydrogen-bond acceptors (Lipinski definition) is 5. The van der Waals surface area contributed by atoms with Crippen molar-refractivity contribution in [2.45, 2.75) is 13.5 Å². The summed E-state index contributed by atoms with van der Waals surface area (Å²) in [5.74, 6) is 1.04. The van der Waals surface area contributed by atoms with Crippen molar-refractivity contribution in [2.24, 2.45) is 7.05 Å². The van der Waals surface area contributed by atoms with Crippen LogP contribution in [0.25, 0.3) is 11.0 Å². The van der Waals surface area contributed by atoms with Crippen molar-refractivity contribution in [1.29, 1.82) is 0 Å². The van der Waals surface area contributed by atoms with E-state index in [0.717, 1.165) is 11.0 Å². The number of aryl methyl sites for hydroxylation is 1. The normalized spacial score (nSPS) is 11.1. The Bertz CT molecular complexity index is 479. The van der Waals surface area contributed by atoms with Gasteiger partial charge in [-0.3, -0.25) is 4.68 Å². The first-order valence-electron chi connectivity index (χ1n) is 4.74. The third-order valence-corrected chi connectivity index (χ3v) is 2.10. The van der Waals surface area contributed by atoms with Crippen LogP contribution in [0.4, 0.5) is 5.82 Å². The molecule has 0 aliphatic heterocycles. The zero-order chi connectivity index (χ0) is 10.8. The number of fused-ring (bicyclic) bond motifs is 1. The highest BCUT2D eigenvalue weighted by atomic mass is 16.5. The van der Waals surface area contributed by atoms with E-state index in [1.165, 1.54) is 0 Å². The number of nitrogens with zero attached hydrogens (tertiary/aromatic N) is 4. The minimum absolute atomic E-state index is 0.377. The van der Waals surface area contributed by atoms with E-state index in [9.17, 15) is 0 Å². The lowest BCUT2D eigenvalue weighted by Crippen LogP contribution is -2.04. The summed E-state index contributed by atoms with van der Waals surface area (Å²) in [5.41, 5.74) is 6.52. The molecule has 0 bridgehead atoms. The highest BCUT2D eigenvalue weighted by Gasteiger charge is 2.08. The molecule has 0 fully saturated rings. The lowest BCUT2D eigenvalue weighted by atomic mass is 10.4. The SMILES string of the molecule is CCOCc1nc(N)c2cnn(C)c2n1. The summed E-state index contributed by atoms with van der Waals surface area (Å²) >= 11 is 0. The van der Waals surface area contributed by atoms with E-state index in [2.05, 4.69) is 15.1 Å². The topological polar surface area (TPSA) is 78.9 Å². The Balaban J connectivity index is 2.45. The van der Waals surface area contributed by atoms with Crippen LogP contribution in [0.15, 0.2) is 6.20 Å². The Morgan fingerprint density at radius 2 is 2.27 bits per heavy atom. The van der Waals surface area contributed by atoms with Crippen molar-refractivity contribution < 1.29 is 4.74 Å². The fourth-order valence-corrected chi connectivity index (χ4v) is 1.35. The molecule has 2 rings (SSSR count). The van der Waals surface area contributed by atoms with Gasteiger partial charge in [-0.25, -0.2) is 9.97 Å². The van der Waals surface area contributed by atoms with Crippen LogP contribution in [-0.2, 0) is 18.4 Å². The second-order valence-electron chi connectivity index (χ2n) is 3.17. The van der Waals surface area contributed by atoms with Gasteiger partial charge in [0.1, 0.15) is 12.4 Å². The molecule has 6 heteroatoms. The van der Waals surface area contributed by atoms with E-state index in [0.29, 0.717) is 24.9 Å². The van der Waals surface area contributed by atoms with Gasteiger partial charge in [0.05, 0.1) is 11.6 Å². The van der Waals surface area contributed by atoms with E-state index in [1.54, 1.807) is 10.9 Å². The molecule has 0 spiro atoms. The summed E-state index contributed by atoms with van der Waals surface area (Å²) in [6.07, 6.45) is 1.66. The quantitative estimate of drug-likeness (QED) is 0.792. The van der Waals surface area contributed by atoms with Gasteiger partial charge in [-0.05, 0) is 6.92 Å². The molecule has 2 aromatic heterocycles. The minimum atomic E-state index is 0.377. The summed E-state index contributed by atoms with van der Waals surface area (Å²) < 4.78 is 6.90. The zero-order valence-corrected chi connectivity index (χ0v) is 8.77. The van der Waals surface area contributed by atoms with E-state index >= 15 is 0 Å². The van der Waals surface area contributed by atoms with Gasteiger partial charge in [-0.15, -0.1) is 0 Å². The largest absolute Gasteiger partial charge is 0.383 e. The van der Waals surface area contributed by atoms with Gasteiger partial charge < -0.3 is 10.5 Å². The second-order valence-corrected chi connectivity index (χ2v) is 3.17. The maximum absolute atomic E-state index is 5.78. The van der Waals surface area contributed by atoms with Crippen molar-refractivity contribution in [2.75, 3.05) is 12.3 Å². The van der Waals surface area contributed by atoms with Gasteiger partial charge in [-0.1, -0.05) is 0 Å². The first-order valence-corrected chi connectivity index (χ1v) is 4.74. The molecule has 0 amide bonds. The number of rotatable bonds is 3. The predicted octanol–water partition coefficient (Wildman–Crippen LogP) is 0.482. The van der Waals surface area contributed by atoms with E-state index in [4.69, 9.17) is 10.5 Å². The molecular weight excluding hydrogens is 194 g/mol. The lowest BCUT2D eigenvalue weighted by Gasteiger charge is -2.02. The van der Waals surface area contributed by atoms with Crippen LogP contribution in [-0.4, -0.2) is 26.4 Å². The van der Waals surface area contributed by atoms with Gasteiger partial charge in [-0.2, -0.15) is 5.10 Å². The van der Waals surface area contributed by atoms with Crippen LogP contribution in [0.2, 0.25) is 0 Å². The smallest absolute Gasteiger partial charge is 0.163 e. The second kappa shape index (κ2) is 3.82. The average molecular weight is 207 g/mol. The Morgan fingerprint density at radius 3 is 3.00 bits per heavy atom. The fourth-order valence-electron chi connectivity index (χ4n) is 1.35. The van der Waals surface area contributed by atoms with E-state index < -0.39 is 0 Å². The minimum Gasteiger partial charge on any atom is -0.383 e. The van der Waals surface area contributed by atoms with Crippen LogP contribution < -0.4 is 5.73 Å². The molecule has 0 aromatic carbocycles. The molecule has 0 unspecified atom stereocenters. The molecule has 0 aliphatic carbocycles. The highest BCUT2D eigenvalue weighted by molar-refractivity contribution is 5.84. The molecule has 0 atom stereocenters. The molecule has 6 nitrogen and oxygen atoms in total. The molecule has 2 aromatic rings. The predicted molar refractivity (Wildman–Crippen MR) is 56.0 cm³/mol. The zero-order valence-electron chi connectivity index (χ0n) is 8.77. The summed E-state index contributed by atoms with van der Waals surface area (Å²) in [6, 6.07) is 0. The maximum atomic E-state index is 5.78. The summed E-state index contributed by atoms with van der Waals surface area (Å²) in [4.78, 5) is 8.46.